The highest BCUT2D eigenvalue weighted by Gasteiger charge is 2.28. The average Bonchev–Trinajstić information content (AvgIpc) is 3.19. The number of rotatable bonds is 6. The van der Waals surface area contributed by atoms with Gasteiger partial charge in [0.25, 0.3) is 0 Å². The van der Waals surface area contributed by atoms with Gasteiger partial charge in [0.2, 0.25) is 11.8 Å². The summed E-state index contributed by atoms with van der Waals surface area (Å²) in [5.41, 5.74) is 0.809. The van der Waals surface area contributed by atoms with Crippen LogP contribution in [-0.2, 0) is 20.7 Å². The highest BCUT2D eigenvalue weighted by molar-refractivity contribution is 7.09. The molecule has 2 heterocycles. The van der Waals surface area contributed by atoms with Gasteiger partial charge in [0, 0.05) is 24.4 Å². The lowest BCUT2D eigenvalue weighted by Crippen LogP contribution is -2.47. The van der Waals surface area contributed by atoms with Crippen LogP contribution in [0.15, 0.2) is 47.8 Å². The van der Waals surface area contributed by atoms with E-state index in [2.05, 4.69) is 5.32 Å². The molecule has 1 aromatic heterocycles. The van der Waals surface area contributed by atoms with Gasteiger partial charge in [-0.15, -0.1) is 11.3 Å². The van der Waals surface area contributed by atoms with Gasteiger partial charge in [-0.3, -0.25) is 9.59 Å². The number of carbonyl (C=O) groups is 2. The molecule has 1 saturated heterocycles. The van der Waals surface area contributed by atoms with Crippen LogP contribution in [0.4, 0.5) is 0 Å². The topological polar surface area (TPSA) is 58.6 Å². The molecule has 1 aromatic carbocycles. The Bertz CT molecular complexity index is 682. The molecule has 0 unspecified atom stereocenters. The maximum Gasteiger partial charge on any atom is 0.249 e. The molecule has 0 spiro atoms. The third-order valence-electron chi connectivity index (χ3n) is 4.19. The molecule has 3 rings (SSSR count). The van der Waals surface area contributed by atoms with Crippen molar-refractivity contribution in [3.05, 3.63) is 58.3 Å². The Hall–Kier alpha value is -2.18. The van der Waals surface area contributed by atoms with E-state index in [0.29, 0.717) is 39.1 Å². The zero-order valence-electron chi connectivity index (χ0n) is 14.0. The standard InChI is InChI=1S/C19H22N2O3S/c22-17(9-8-16-7-4-14-25-16)20-18(15-5-2-1-3-6-15)19(23)21-10-12-24-13-11-21/h1-7,14,18H,8-13H2,(H,20,22)/t18-/m0/s1. The summed E-state index contributed by atoms with van der Waals surface area (Å²) < 4.78 is 5.32. The molecule has 5 nitrogen and oxygen atoms in total. The second kappa shape index (κ2) is 8.78. The number of thiophene rings is 1. The molecule has 25 heavy (non-hydrogen) atoms. The summed E-state index contributed by atoms with van der Waals surface area (Å²) in [7, 11) is 0. The minimum Gasteiger partial charge on any atom is -0.378 e. The van der Waals surface area contributed by atoms with Crippen molar-refractivity contribution in [2.24, 2.45) is 0 Å². The fourth-order valence-electron chi connectivity index (χ4n) is 2.82. The molecule has 0 radical (unpaired) electrons. The van der Waals surface area contributed by atoms with Crippen molar-refractivity contribution in [2.75, 3.05) is 26.3 Å². The van der Waals surface area contributed by atoms with Crippen molar-refractivity contribution in [2.45, 2.75) is 18.9 Å². The minimum absolute atomic E-state index is 0.0704. The zero-order chi connectivity index (χ0) is 17.5. The van der Waals surface area contributed by atoms with Crippen molar-refractivity contribution in [1.82, 2.24) is 10.2 Å². The van der Waals surface area contributed by atoms with Crippen LogP contribution in [0.2, 0.25) is 0 Å². The number of nitrogens with zero attached hydrogens (tertiary/aromatic N) is 1. The maximum atomic E-state index is 12.9. The Labute approximate surface area is 151 Å². The Kier molecular flexibility index (Phi) is 6.19. The lowest BCUT2D eigenvalue weighted by atomic mass is 10.0. The molecule has 1 atom stereocenters. The van der Waals surface area contributed by atoms with Gasteiger partial charge in [-0.05, 0) is 23.4 Å². The smallest absolute Gasteiger partial charge is 0.249 e. The predicted molar refractivity (Wildman–Crippen MR) is 97.4 cm³/mol. The first kappa shape index (κ1) is 17.6. The number of amides is 2. The fraction of sp³-hybridized carbons (Fsp3) is 0.368. The number of aryl methyl sites for hydroxylation is 1. The maximum absolute atomic E-state index is 12.9. The molecule has 2 aromatic rings. The van der Waals surface area contributed by atoms with E-state index in [0.717, 1.165) is 5.56 Å². The van der Waals surface area contributed by atoms with E-state index in [1.165, 1.54) is 4.88 Å². The van der Waals surface area contributed by atoms with Crippen LogP contribution in [0.1, 0.15) is 22.9 Å². The van der Waals surface area contributed by atoms with E-state index in [9.17, 15) is 9.59 Å². The van der Waals surface area contributed by atoms with Crippen LogP contribution in [-0.4, -0.2) is 43.0 Å². The molecule has 0 saturated carbocycles. The number of hydrogen-bond donors (Lipinski definition) is 1. The lowest BCUT2D eigenvalue weighted by Gasteiger charge is -2.31. The second-order valence-electron chi connectivity index (χ2n) is 5.93. The minimum atomic E-state index is -0.643. The zero-order valence-corrected chi connectivity index (χ0v) is 14.8. The summed E-state index contributed by atoms with van der Waals surface area (Å²) in [6.45, 7) is 2.21. The van der Waals surface area contributed by atoms with Crippen molar-refractivity contribution >= 4 is 23.2 Å². The second-order valence-corrected chi connectivity index (χ2v) is 6.96. The van der Waals surface area contributed by atoms with Gasteiger partial charge in [0.05, 0.1) is 13.2 Å². The summed E-state index contributed by atoms with van der Waals surface area (Å²) in [5.74, 6) is -0.178. The van der Waals surface area contributed by atoms with Crippen LogP contribution in [0.3, 0.4) is 0 Å². The SMILES string of the molecule is O=C(CCc1cccs1)N[C@H](C(=O)N1CCOCC1)c1ccccc1. The van der Waals surface area contributed by atoms with Gasteiger partial charge < -0.3 is 15.0 Å². The van der Waals surface area contributed by atoms with Gasteiger partial charge in [-0.1, -0.05) is 36.4 Å². The van der Waals surface area contributed by atoms with E-state index in [4.69, 9.17) is 4.74 Å². The molecule has 0 bridgehead atoms. The Balaban J connectivity index is 1.67. The lowest BCUT2D eigenvalue weighted by molar-refractivity contribution is -0.140. The van der Waals surface area contributed by atoms with Crippen LogP contribution >= 0.6 is 11.3 Å². The van der Waals surface area contributed by atoms with Crippen LogP contribution < -0.4 is 5.32 Å². The monoisotopic (exact) mass is 358 g/mol. The van der Waals surface area contributed by atoms with Crippen LogP contribution in [0.25, 0.3) is 0 Å². The molecular weight excluding hydrogens is 336 g/mol. The number of morpholine rings is 1. The summed E-state index contributed by atoms with van der Waals surface area (Å²) in [4.78, 5) is 28.3. The Morgan fingerprint density at radius 3 is 2.56 bits per heavy atom. The number of carbonyl (C=O) groups excluding carboxylic acids is 2. The highest BCUT2D eigenvalue weighted by Crippen LogP contribution is 2.18. The Morgan fingerprint density at radius 2 is 1.88 bits per heavy atom. The molecule has 1 aliphatic rings. The molecule has 1 N–H and O–H groups in total. The molecule has 2 amide bonds. The first-order valence-corrected chi connectivity index (χ1v) is 9.35. The summed E-state index contributed by atoms with van der Waals surface area (Å²) in [5, 5.41) is 4.93. The average molecular weight is 358 g/mol. The number of nitrogens with one attached hydrogen (secondary N) is 1. The summed E-state index contributed by atoms with van der Waals surface area (Å²) in [6, 6.07) is 12.8. The normalized spacial score (nSPS) is 15.6. The fourth-order valence-corrected chi connectivity index (χ4v) is 3.53. The van der Waals surface area contributed by atoms with Gasteiger partial charge in [0.15, 0.2) is 0 Å². The van der Waals surface area contributed by atoms with Gasteiger partial charge in [-0.25, -0.2) is 0 Å². The van der Waals surface area contributed by atoms with Gasteiger partial charge >= 0.3 is 0 Å². The molecule has 0 aliphatic carbocycles. The number of hydrogen-bond acceptors (Lipinski definition) is 4. The summed E-state index contributed by atoms with van der Waals surface area (Å²) >= 11 is 1.64. The molecule has 1 fully saturated rings. The largest absolute Gasteiger partial charge is 0.378 e. The van der Waals surface area contributed by atoms with E-state index in [1.807, 2.05) is 47.8 Å². The van der Waals surface area contributed by atoms with Crippen molar-refractivity contribution < 1.29 is 14.3 Å². The first-order chi connectivity index (χ1) is 12.2. The van der Waals surface area contributed by atoms with E-state index in [-0.39, 0.29) is 11.8 Å². The van der Waals surface area contributed by atoms with Crippen molar-refractivity contribution in [3.63, 3.8) is 0 Å². The van der Waals surface area contributed by atoms with Crippen molar-refractivity contribution in [1.29, 1.82) is 0 Å². The van der Waals surface area contributed by atoms with E-state index >= 15 is 0 Å². The Morgan fingerprint density at radius 1 is 1.12 bits per heavy atom. The molecule has 132 valence electrons. The van der Waals surface area contributed by atoms with Crippen LogP contribution in [0.5, 0.6) is 0 Å². The predicted octanol–water partition coefficient (Wildman–Crippen LogP) is 2.40. The van der Waals surface area contributed by atoms with Crippen molar-refractivity contribution in [3.8, 4) is 0 Å². The number of benzene rings is 1. The molecular formula is C19H22N2O3S. The highest BCUT2D eigenvalue weighted by atomic mass is 32.1. The first-order valence-electron chi connectivity index (χ1n) is 8.47. The van der Waals surface area contributed by atoms with E-state index < -0.39 is 6.04 Å². The quantitative estimate of drug-likeness (QED) is 0.863. The third-order valence-corrected chi connectivity index (χ3v) is 5.12. The summed E-state index contributed by atoms with van der Waals surface area (Å²) in [6.07, 6.45) is 1.07. The van der Waals surface area contributed by atoms with Gasteiger partial charge in [-0.2, -0.15) is 0 Å². The molecule has 1 aliphatic heterocycles. The van der Waals surface area contributed by atoms with Gasteiger partial charge in [0.1, 0.15) is 6.04 Å². The molecule has 6 heteroatoms. The van der Waals surface area contributed by atoms with Crippen LogP contribution in [0, 0.1) is 0 Å². The van der Waals surface area contributed by atoms with E-state index in [1.54, 1.807) is 16.2 Å². The number of ether oxygens (including phenoxy) is 1. The third kappa shape index (κ3) is 4.90.